The van der Waals surface area contributed by atoms with Crippen molar-refractivity contribution >= 4 is 22.5 Å². The molecule has 0 aliphatic carbocycles. The van der Waals surface area contributed by atoms with Crippen LogP contribution in [0.25, 0.3) is 10.9 Å². The molecule has 0 bridgehead atoms. The average Bonchev–Trinajstić information content (AvgIpc) is 2.53. The van der Waals surface area contributed by atoms with Crippen LogP contribution >= 0.6 is 11.6 Å². The summed E-state index contributed by atoms with van der Waals surface area (Å²) in [5.74, 6) is 0.0800. The summed E-state index contributed by atoms with van der Waals surface area (Å²) in [7, 11) is 0. The lowest BCUT2D eigenvalue weighted by molar-refractivity contribution is 0.286. The number of ether oxygens (including phenoxy) is 1. The molecule has 2 aromatic carbocycles. The van der Waals surface area contributed by atoms with Crippen LogP contribution in [0.1, 0.15) is 11.3 Å². The van der Waals surface area contributed by atoms with Gasteiger partial charge in [-0.2, -0.15) is 0 Å². The molecular weight excluding hydrogens is 289 g/mol. The average molecular weight is 302 g/mol. The van der Waals surface area contributed by atoms with E-state index >= 15 is 0 Å². The van der Waals surface area contributed by atoms with Crippen LogP contribution in [-0.4, -0.2) is 4.98 Å². The molecule has 0 radical (unpaired) electrons. The van der Waals surface area contributed by atoms with Gasteiger partial charge >= 0.3 is 0 Å². The van der Waals surface area contributed by atoms with E-state index in [1.807, 2.05) is 36.4 Å². The molecule has 0 fully saturated rings. The summed E-state index contributed by atoms with van der Waals surface area (Å²) in [6, 6.07) is 16.4. The second-order valence-electron chi connectivity index (χ2n) is 4.68. The fourth-order valence-electron chi connectivity index (χ4n) is 2.08. The van der Waals surface area contributed by atoms with E-state index in [0.717, 1.165) is 22.2 Å². The Morgan fingerprint density at radius 2 is 1.90 bits per heavy atom. The second-order valence-corrected chi connectivity index (χ2v) is 4.95. The topological polar surface area (TPSA) is 22.1 Å². The lowest BCUT2D eigenvalue weighted by Gasteiger charge is -2.08. The summed E-state index contributed by atoms with van der Waals surface area (Å²) in [4.78, 5) is 4.49. The normalized spacial score (nSPS) is 10.8. The van der Waals surface area contributed by atoms with Gasteiger partial charge in [-0.3, -0.25) is 0 Å². The van der Waals surface area contributed by atoms with E-state index in [1.165, 1.54) is 6.07 Å². The number of aromatic nitrogens is 1. The highest BCUT2D eigenvalue weighted by Crippen LogP contribution is 2.21. The van der Waals surface area contributed by atoms with Crippen molar-refractivity contribution in [3.05, 3.63) is 71.7 Å². The molecule has 1 aromatic heterocycles. The molecule has 0 unspecified atom stereocenters. The molecule has 0 atom stereocenters. The molecule has 21 heavy (non-hydrogen) atoms. The molecule has 3 rings (SSSR count). The lowest BCUT2D eigenvalue weighted by Crippen LogP contribution is -2.00. The SMILES string of the molecule is Fc1cc(CCl)ccc1OCc1ccc2ccccc2n1. The van der Waals surface area contributed by atoms with Crippen molar-refractivity contribution in [2.24, 2.45) is 0 Å². The molecule has 0 spiro atoms. The zero-order valence-electron chi connectivity index (χ0n) is 11.2. The van der Waals surface area contributed by atoms with Crippen LogP contribution in [0.2, 0.25) is 0 Å². The molecule has 0 amide bonds. The van der Waals surface area contributed by atoms with Gasteiger partial charge in [0.2, 0.25) is 0 Å². The van der Waals surface area contributed by atoms with Crippen LogP contribution < -0.4 is 4.74 Å². The smallest absolute Gasteiger partial charge is 0.165 e. The summed E-state index contributed by atoms with van der Waals surface area (Å²) in [6.45, 7) is 0.224. The predicted octanol–water partition coefficient (Wildman–Crippen LogP) is 4.69. The minimum atomic E-state index is -0.408. The van der Waals surface area contributed by atoms with Crippen molar-refractivity contribution in [2.45, 2.75) is 12.5 Å². The number of benzene rings is 2. The van der Waals surface area contributed by atoms with Crippen molar-refractivity contribution in [1.29, 1.82) is 0 Å². The van der Waals surface area contributed by atoms with Crippen LogP contribution in [0.4, 0.5) is 4.39 Å². The van der Waals surface area contributed by atoms with Crippen LogP contribution in [0.5, 0.6) is 5.75 Å². The third-order valence-electron chi connectivity index (χ3n) is 3.18. The fourth-order valence-corrected chi connectivity index (χ4v) is 2.25. The molecule has 0 aliphatic rings. The molecule has 2 nitrogen and oxygen atoms in total. The minimum absolute atomic E-state index is 0.207. The van der Waals surface area contributed by atoms with Gasteiger partial charge in [0.1, 0.15) is 6.61 Å². The van der Waals surface area contributed by atoms with Crippen molar-refractivity contribution < 1.29 is 9.13 Å². The minimum Gasteiger partial charge on any atom is -0.484 e. The number of pyridine rings is 1. The van der Waals surface area contributed by atoms with Crippen LogP contribution in [0, 0.1) is 5.82 Å². The molecule has 4 heteroatoms. The monoisotopic (exact) mass is 301 g/mol. The third-order valence-corrected chi connectivity index (χ3v) is 3.49. The first-order valence-corrected chi connectivity index (χ1v) is 7.11. The van der Waals surface area contributed by atoms with E-state index in [9.17, 15) is 4.39 Å². The first kappa shape index (κ1) is 13.8. The van der Waals surface area contributed by atoms with E-state index in [-0.39, 0.29) is 18.2 Å². The molecular formula is C17H13ClFNO. The van der Waals surface area contributed by atoms with E-state index in [0.29, 0.717) is 0 Å². The Morgan fingerprint density at radius 3 is 2.71 bits per heavy atom. The Kier molecular flexibility index (Phi) is 4.02. The van der Waals surface area contributed by atoms with Gasteiger partial charge in [0.25, 0.3) is 0 Å². The Hall–Kier alpha value is -2.13. The maximum absolute atomic E-state index is 13.8. The summed E-state index contributed by atoms with van der Waals surface area (Å²) >= 11 is 5.66. The van der Waals surface area contributed by atoms with E-state index in [1.54, 1.807) is 12.1 Å². The maximum atomic E-state index is 13.8. The predicted molar refractivity (Wildman–Crippen MR) is 82.0 cm³/mol. The van der Waals surface area contributed by atoms with Crippen molar-refractivity contribution in [3.8, 4) is 5.75 Å². The first-order chi connectivity index (χ1) is 10.3. The highest BCUT2D eigenvalue weighted by molar-refractivity contribution is 6.17. The van der Waals surface area contributed by atoms with Crippen molar-refractivity contribution in [2.75, 3.05) is 0 Å². The standard InChI is InChI=1S/C17H13ClFNO/c18-10-12-5-8-17(15(19)9-12)21-11-14-7-6-13-3-1-2-4-16(13)20-14/h1-9H,10-11H2. The van der Waals surface area contributed by atoms with Gasteiger partial charge in [-0.05, 0) is 29.8 Å². The van der Waals surface area contributed by atoms with E-state index < -0.39 is 5.82 Å². The van der Waals surface area contributed by atoms with Gasteiger partial charge in [0, 0.05) is 11.3 Å². The Bertz CT molecular complexity index is 776. The molecule has 1 heterocycles. The highest BCUT2D eigenvalue weighted by atomic mass is 35.5. The van der Waals surface area contributed by atoms with Crippen molar-refractivity contribution in [1.82, 2.24) is 4.98 Å². The summed E-state index contributed by atoms with van der Waals surface area (Å²) < 4.78 is 19.3. The summed E-state index contributed by atoms with van der Waals surface area (Å²) in [5, 5.41) is 1.07. The molecule has 0 aliphatic heterocycles. The summed E-state index contributed by atoms with van der Waals surface area (Å²) in [5.41, 5.74) is 2.39. The Balaban J connectivity index is 1.77. The largest absolute Gasteiger partial charge is 0.484 e. The van der Waals surface area contributed by atoms with Gasteiger partial charge in [0.05, 0.1) is 11.2 Å². The Labute approximate surface area is 127 Å². The number of para-hydroxylation sites is 1. The number of rotatable bonds is 4. The molecule has 0 N–H and O–H groups in total. The lowest BCUT2D eigenvalue weighted by atomic mass is 10.2. The van der Waals surface area contributed by atoms with E-state index in [2.05, 4.69) is 4.98 Å². The number of hydrogen-bond acceptors (Lipinski definition) is 2. The number of alkyl halides is 1. The molecule has 3 aromatic rings. The van der Waals surface area contributed by atoms with Gasteiger partial charge in [-0.1, -0.05) is 30.3 Å². The van der Waals surface area contributed by atoms with Crippen LogP contribution in [0.3, 0.4) is 0 Å². The van der Waals surface area contributed by atoms with Crippen LogP contribution in [0.15, 0.2) is 54.6 Å². The molecule has 0 saturated carbocycles. The van der Waals surface area contributed by atoms with Gasteiger partial charge in [0.15, 0.2) is 11.6 Å². The molecule has 106 valence electrons. The first-order valence-electron chi connectivity index (χ1n) is 6.58. The zero-order chi connectivity index (χ0) is 14.7. The summed E-state index contributed by atoms with van der Waals surface area (Å²) in [6.07, 6.45) is 0. The maximum Gasteiger partial charge on any atom is 0.165 e. The van der Waals surface area contributed by atoms with Gasteiger partial charge < -0.3 is 4.74 Å². The third kappa shape index (κ3) is 3.14. The zero-order valence-corrected chi connectivity index (χ0v) is 12.0. The molecule has 0 saturated heterocycles. The number of fused-ring (bicyclic) bond motifs is 1. The van der Waals surface area contributed by atoms with Crippen LogP contribution in [-0.2, 0) is 12.5 Å². The number of halogens is 2. The van der Waals surface area contributed by atoms with Crippen molar-refractivity contribution in [3.63, 3.8) is 0 Å². The second kappa shape index (κ2) is 6.10. The van der Waals surface area contributed by atoms with Gasteiger partial charge in [-0.25, -0.2) is 9.37 Å². The highest BCUT2D eigenvalue weighted by Gasteiger charge is 2.06. The Morgan fingerprint density at radius 1 is 1.05 bits per heavy atom. The quantitative estimate of drug-likeness (QED) is 0.652. The van der Waals surface area contributed by atoms with Gasteiger partial charge in [-0.15, -0.1) is 11.6 Å². The number of nitrogens with zero attached hydrogens (tertiary/aromatic N) is 1. The van der Waals surface area contributed by atoms with E-state index in [4.69, 9.17) is 16.3 Å². The fraction of sp³-hybridized carbons (Fsp3) is 0.118. The number of hydrogen-bond donors (Lipinski definition) is 0.